The van der Waals surface area contributed by atoms with Gasteiger partial charge in [-0.05, 0) is 25.3 Å². The molecule has 2 heterocycles. The number of hydrogen-bond acceptors (Lipinski definition) is 5. The molecular formula is C11H13N3O2S2. The SMILES string of the molecule is CCn1c(SC(C)C(N)=O)nc2ccsc2c1=O. The van der Waals surface area contributed by atoms with Crippen LogP contribution in [0.2, 0.25) is 0 Å². The zero-order chi connectivity index (χ0) is 13.3. The summed E-state index contributed by atoms with van der Waals surface area (Å²) in [7, 11) is 0. The van der Waals surface area contributed by atoms with Gasteiger partial charge in [-0.15, -0.1) is 11.3 Å². The van der Waals surface area contributed by atoms with E-state index in [1.807, 2.05) is 12.3 Å². The highest BCUT2D eigenvalue weighted by molar-refractivity contribution is 8.00. The number of aromatic nitrogens is 2. The highest BCUT2D eigenvalue weighted by atomic mass is 32.2. The molecule has 0 fully saturated rings. The van der Waals surface area contributed by atoms with Gasteiger partial charge in [0.25, 0.3) is 5.56 Å². The van der Waals surface area contributed by atoms with Gasteiger partial charge in [-0.25, -0.2) is 4.98 Å². The van der Waals surface area contributed by atoms with Crippen LogP contribution in [0.15, 0.2) is 21.4 Å². The molecule has 0 aliphatic heterocycles. The van der Waals surface area contributed by atoms with E-state index in [4.69, 9.17) is 5.73 Å². The lowest BCUT2D eigenvalue weighted by atomic mass is 10.4. The molecule has 1 amide bonds. The summed E-state index contributed by atoms with van der Waals surface area (Å²) >= 11 is 2.60. The quantitative estimate of drug-likeness (QED) is 0.680. The molecule has 0 aliphatic carbocycles. The molecule has 0 bridgehead atoms. The number of carbonyl (C=O) groups excluding carboxylic acids is 1. The standard InChI is InChI=1S/C11H13N3O2S2/c1-3-14-10(16)8-7(4-5-17-8)13-11(14)18-6(2)9(12)15/h4-6H,3H2,1-2H3,(H2,12,15). The second-order valence-corrected chi connectivity index (χ2v) is 5.97. The molecule has 2 aromatic heterocycles. The zero-order valence-electron chi connectivity index (χ0n) is 10.0. The molecule has 1 unspecified atom stereocenters. The fraction of sp³-hybridized carbons (Fsp3) is 0.364. The second-order valence-electron chi connectivity index (χ2n) is 3.74. The highest BCUT2D eigenvalue weighted by Gasteiger charge is 2.17. The van der Waals surface area contributed by atoms with Crippen LogP contribution in [0.25, 0.3) is 10.2 Å². The molecule has 2 aromatic rings. The average Bonchev–Trinajstić information content (AvgIpc) is 2.77. The molecule has 1 atom stereocenters. The summed E-state index contributed by atoms with van der Waals surface area (Å²) in [6, 6.07) is 1.81. The number of thiophene rings is 1. The van der Waals surface area contributed by atoms with E-state index in [0.29, 0.717) is 21.9 Å². The minimum absolute atomic E-state index is 0.0586. The van der Waals surface area contributed by atoms with Crippen LogP contribution in [0, 0.1) is 0 Å². The van der Waals surface area contributed by atoms with Crippen LogP contribution in [0.5, 0.6) is 0 Å². The molecule has 7 heteroatoms. The summed E-state index contributed by atoms with van der Waals surface area (Å²) in [6.45, 7) is 4.10. The van der Waals surface area contributed by atoms with Crippen LogP contribution in [0.4, 0.5) is 0 Å². The second kappa shape index (κ2) is 5.11. The van der Waals surface area contributed by atoms with E-state index in [-0.39, 0.29) is 5.56 Å². The van der Waals surface area contributed by atoms with E-state index in [1.54, 1.807) is 17.6 Å². The van der Waals surface area contributed by atoms with E-state index < -0.39 is 11.2 Å². The topological polar surface area (TPSA) is 78.0 Å². The van der Waals surface area contributed by atoms with Gasteiger partial charge in [-0.2, -0.15) is 0 Å². The van der Waals surface area contributed by atoms with Crippen LogP contribution in [-0.2, 0) is 11.3 Å². The lowest BCUT2D eigenvalue weighted by molar-refractivity contribution is -0.117. The maximum atomic E-state index is 12.2. The van der Waals surface area contributed by atoms with Crippen molar-refractivity contribution in [2.24, 2.45) is 5.73 Å². The molecule has 0 aromatic carbocycles. The Morgan fingerprint density at radius 2 is 2.39 bits per heavy atom. The number of fused-ring (bicyclic) bond motifs is 1. The van der Waals surface area contributed by atoms with Crippen molar-refractivity contribution in [1.29, 1.82) is 0 Å². The van der Waals surface area contributed by atoms with Crippen molar-refractivity contribution in [3.8, 4) is 0 Å². The largest absolute Gasteiger partial charge is 0.369 e. The van der Waals surface area contributed by atoms with Gasteiger partial charge < -0.3 is 5.73 Å². The first-order valence-corrected chi connectivity index (χ1v) is 7.24. The number of nitrogens with two attached hydrogens (primary N) is 1. The Labute approximate surface area is 112 Å². The first-order chi connectivity index (χ1) is 8.54. The van der Waals surface area contributed by atoms with Crippen molar-refractivity contribution in [2.75, 3.05) is 0 Å². The van der Waals surface area contributed by atoms with E-state index in [1.165, 1.54) is 23.1 Å². The third-order valence-electron chi connectivity index (χ3n) is 2.53. The number of carbonyl (C=O) groups is 1. The molecule has 18 heavy (non-hydrogen) atoms. The number of amides is 1. The Bertz CT molecular complexity index is 647. The summed E-state index contributed by atoms with van der Waals surface area (Å²) in [4.78, 5) is 27.7. The van der Waals surface area contributed by atoms with Gasteiger partial charge in [0, 0.05) is 6.54 Å². The van der Waals surface area contributed by atoms with Gasteiger partial charge in [0.1, 0.15) is 4.70 Å². The van der Waals surface area contributed by atoms with Crippen LogP contribution < -0.4 is 11.3 Å². The summed E-state index contributed by atoms with van der Waals surface area (Å²) in [5, 5.41) is 1.97. The monoisotopic (exact) mass is 283 g/mol. The maximum absolute atomic E-state index is 12.2. The minimum Gasteiger partial charge on any atom is -0.369 e. The smallest absolute Gasteiger partial charge is 0.272 e. The van der Waals surface area contributed by atoms with Crippen molar-refractivity contribution in [1.82, 2.24) is 9.55 Å². The van der Waals surface area contributed by atoms with Gasteiger partial charge in [0.2, 0.25) is 5.91 Å². The van der Waals surface area contributed by atoms with Gasteiger partial charge in [-0.1, -0.05) is 11.8 Å². The fourth-order valence-corrected chi connectivity index (χ4v) is 3.21. The molecule has 0 spiro atoms. The molecule has 0 saturated carbocycles. The summed E-state index contributed by atoms with van der Waals surface area (Å²) in [5.74, 6) is -0.415. The number of primary amides is 1. The van der Waals surface area contributed by atoms with Gasteiger partial charge in [-0.3, -0.25) is 14.2 Å². The van der Waals surface area contributed by atoms with Crippen molar-refractivity contribution < 1.29 is 4.79 Å². The first kappa shape index (κ1) is 13.1. The highest BCUT2D eigenvalue weighted by Crippen LogP contribution is 2.23. The van der Waals surface area contributed by atoms with E-state index in [2.05, 4.69) is 4.98 Å². The Balaban J connectivity index is 2.55. The average molecular weight is 283 g/mol. The molecular weight excluding hydrogens is 270 g/mol. The molecule has 0 saturated heterocycles. The summed E-state index contributed by atoms with van der Waals surface area (Å²) in [5.41, 5.74) is 5.85. The normalized spacial score (nSPS) is 12.8. The van der Waals surface area contributed by atoms with Crippen molar-refractivity contribution >= 4 is 39.2 Å². The van der Waals surface area contributed by atoms with Crippen LogP contribution in [0.3, 0.4) is 0 Å². The lowest BCUT2D eigenvalue weighted by Crippen LogP contribution is -2.26. The summed E-state index contributed by atoms with van der Waals surface area (Å²) < 4.78 is 2.22. The number of nitrogens with zero attached hydrogens (tertiary/aromatic N) is 2. The Kier molecular flexibility index (Phi) is 3.72. The van der Waals surface area contributed by atoms with E-state index in [0.717, 1.165) is 0 Å². The molecule has 96 valence electrons. The van der Waals surface area contributed by atoms with Crippen LogP contribution in [0.1, 0.15) is 13.8 Å². The maximum Gasteiger partial charge on any atom is 0.272 e. The van der Waals surface area contributed by atoms with Crippen molar-refractivity contribution in [3.05, 3.63) is 21.8 Å². The third kappa shape index (κ3) is 2.28. The Morgan fingerprint density at radius 3 is 3.00 bits per heavy atom. The van der Waals surface area contributed by atoms with Gasteiger partial charge >= 0.3 is 0 Å². The number of hydrogen-bond donors (Lipinski definition) is 1. The number of rotatable bonds is 4. The lowest BCUT2D eigenvalue weighted by Gasteiger charge is -2.12. The molecule has 2 rings (SSSR count). The molecule has 2 N–H and O–H groups in total. The van der Waals surface area contributed by atoms with Crippen molar-refractivity contribution in [2.45, 2.75) is 30.8 Å². The predicted molar refractivity (Wildman–Crippen MR) is 74.1 cm³/mol. The molecule has 0 aliphatic rings. The third-order valence-corrected chi connectivity index (χ3v) is 4.53. The van der Waals surface area contributed by atoms with Crippen LogP contribution >= 0.6 is 23.1 Å². The van der Waals surface area contributed by atoms with E-state index >= 15 is 0 Å². The Hall–Kier alpha value is -1.34. The van der Waals surface area contributed by atoms with Gasteiger partial charge in [0.05, 0.1) is 10.8 Å². The zero-order valence-corrected chi connectivity index (χ0v) is 11.7. The molecule has 0 radical (unpaired) electrons. The Morgan fingerprint density at radius 1 is 1.67 bits per heavy atom. The molecule has 5 nitrogen and oxygen atoms in total. The first-order valence-electron chi connectivity index (χ1n) is 5.48. The summed E-state index contributed by atoms with van der Waals surface area (Å²) in [6.07, 6.45) is 0. The van der Waals surface area contributed by atoms with E-state index in [9.17, 15) is 9.59 Å². The minimum atomic E-state index is -0.415. The number of thioether (sulfide) groups is 1. The fourth-order valence-electron chi connectivity index (χ4n) is 1.51. The predicted octanol–water partition coefficient (Wildman–Crippen LogP) is 1.44. The van der Waals surface area contributed by atoms with Gasteiger partial charge in [0.15, 0.2) is 5.16 Å². The van der Waals surface area contributed by atoms with Crippen molar-refractivity contribution in [3.63, 3.8) is 0 Å². The van der Waals surface area contributed by atoms with Crippen LogP contribution in [-0.4, -0.2) is 20.7 Å².